The maximum atomic E-state index is 14.2. The van der Waals surface area contributed by atoms with Crippen LogP contribution >= 0.6 is 0 Å². The largest absolute Gasteiger partial charge is 0.351 e. The number of nitrogens with one attached hydrogen (secondary N) is 1. The molecule has 1 N–H and O–H groups in total. The fraction of sp³-hybridized carbons (Fsp3) is 0.579. The molecule has 28 heavy (non-hydrogen) atoms. The Morgan fingerprint density at radius 1 is 1.29 bits per heavy atom. The summed E-state index contributed by atoms with van der Waals surface area (Å²) in [5.74, 6) is -1.49. The molecule has 1 heterocycles. The highest BCUT2D eigenvalue weighted by atomic mass is 32.2. The zero-order valence-electron chi connectivity index (χ0n) is 16.4. The number of anilines is 1. The number of rotatable bonds is 4. The van der Waals surface area contributed by atoms with E-state index in [1.54, 1.807) is 13.0 Å². The van der Waals surface area contributed by atoms with Gasteiger partial charge in [-0.1, -0.05) is 18.9 Å². The zero-order chi connectivity index (χ0) is 20.7. The van der Waals surface area contributed by atoms with Crippen LogP contribution in [0.5, 0.6) is 0 Å². The molecule has 154 valence electrons. The average Bonchev–Trinajstić information content (AvgIpc) is 3.09. The Morgan fingerprint density at radius 3 is 2.50 bits per heavy atom. The molecule has 1 aliphatic heterocycles. The van der Waals surface area contributed by atoms with Gasteiger partial charge < -0.3 is 5.32 Å². The SMILES string of the molecule is Cc1ccc(N2C(=O)CN(S(C)(=O)=O)C[C@@]2(C)C(=O)NC2CCCC2)cc1F. The number of halogens is 1. The number of carbonyl (C=O) groups excluding carboxylic acids is 2. The number of sulfonamides is 1. The van der Waals surface area contributed by atoms with Crippen molar-refractivity contribution < 1.29 is 22.4 Å². The average molecular weight is 411 g/mol. The summed E-state index contributed by atoms with van der Waals surface area (Å²) >= 11 is 0. The van der Waals surface area contributed by atoms with Crippen LogP contribution in [0.15, 0.2) is 18.2 Å². The lowest BCUT2D eigenvalue weighted by Crippen LogP contribution is -2.70. The van der Waals surface area contributed by atoms with Crippen LogP contribution < -0.4 is 10.2 Å². The number of hydrogen-bond donors (Lipinski definition) is 1. The van der Waals surface area contributed by atoms with Gasteiger partial charge in [0.2, 0.25) is 21.8 Å². The Kier molecular flexibility index (Phi) is 5.51. The first-order valence-electron chi connectivity index (χ1n) is 9.37. The molecule has 1 saturated heterocycles. The van der Waals surface area contributed by atoms with Gasteiger partial charge in [-0.25, -0.2) is 12.8 Å². The molecule has 2 amide bonds. The van der Waals surface area contributed by atoms with Crippen LogP contribution in [0, 0.1) is 12.7 Å². The monoisotopic (exact) mass is 411 g/mol. The highest BCUT2D eigenvalue weighted by Gasteiger charge is 2.50. The molecule has 3 rings (SSSR count). The van der Waals surface area contributed by atoms with Crippen LogP contribution in [-0.4, -0.2) is 55.5 Å². The number of aryl methyl sites for hydroxylation is 1. The summed E-state index contributed by atoms with van der Waals surface area (Å²) in [6, 6.07) is 4.33. The lowest BCUT2D eigenvalue weighted by atomic mass is 9.93. The van der Waals surface area contributed by atoms with E-state index in [4.69, 9.17) is 0 Å². The maximum Gasteiger partial charge on any atom is 0.247 e. The van der Waals surface area contributed by atoms with Crippen molar-refractivity contribution in [3.63, 3.8) is 0 Å². The third-order valence-electron chi connectivity index (χ3n) is 5.60. The Labute approximate surface area is 164 Å². The molecule has 1 aliphatic carbocycles. The number of hydrogen-bond acceptors (Lipinski definition) is 4. The van der Waals surface area contributed by atoms with Gasteiger partial charge in [-0.2, -0.15) is 4.31 Å². The second-order valence-corrected chi connectivity index (χ2v) is 9.90. The van der Waals surface area contributed by atoms with E-state index in [9.17, 15) is 22.4 Å². The van der Waals surface area contributed by atoms with Crippen molar-refractivity contribution in [2.75, 3.05) is 24.2 Å². The van der Waals surface area contributed by atoms with Crippen LogP contribution in [0.2, 0.25) is 0 Å². The summed E-state index contributed by atoms with van der Waals surface area (Å²) in [5, 5.41) is 2.96. The number of carbonyl (C=O) groups is 2. The number of nitrogens with zero attached hydrogens (tertiary/aromatic N) is 2. The Balaban J connectivity index is 2.02. The van der Waals surface area contributed by atoms with Crippen LogP contribution in [-0.2, 0) is 19.6 Å². The molecule has 9 heteroatoms. The van der Waals surface area contributed by atoms with Gasteiger partial charge in [-0.05, 0) is 44.4 Å². The Bertz CT molecular complexity index is 898. The molecule has 7 nitrogen and oxygen atoms in total. The molecular formula is C19H26FN3O4S. The summed E-state index contributed by atoms with van der Waals surface area (Å²) in [6.45, 7) is 2.56. The van der Waals surface area contributed by atoms with Gasteiger partial charge in [-0.3, -0.25) is 14.5 Å². The van der Waals surface area contributed by atoms with Gasteiger partial charge in [0, 0.05) is 18.3 Å². The molecule has 2 aliphatic rings. The fourth-order valence-electron chi connectivity index (χ4n) is 3.94. The lowest BCUT2D eigenvalue weighted by Gasteiger charge is -2.46. The second kappa shape index (κ2) is 7.44. The van der Waals surface area contributed by atoms with E-state index in [0.29, 0.717) is 5.56 Å². The van der Waals surface area contributed by atoms with E-state index in [-0.39, 0.29) is 24.8 Å². The van der Waals surface area contributed by atoms with Gasteiger partial charge in [-0.15, -0.1) is 0 Å². The Morgan fingerprint density at radius 2 is 1.93 bits per heavy atom. The third kappa shape index (κ3) is 3.91. The molecule has 1 aromatic rings. The first kappa shape index (κ1) is 20.7. The van der Waals surface area contributed by atoms with Crippen LogP contribution in [0.3, 0.4) is 0 Å². The first-order valence-corrected chi connectivity index (χ1v) is 11.2. The van der Waals surface area contributed by atoms with Crippen LogP contribution in [0.1, 0.15) is 38.2 Å². The summed E-state index contributed by atoms with van der Waals surface area (Å²) in [4.78, 5) is 27.4. The molecule has 1 aromatic carbocycles. The molecule has 0 unspecified atom stereocenters. The van der Waals surface area contributed by atoms with Crippen molar-refractivity contribution in [2.45, 2.75) is 51.1 Å². The van der Waals surface area contributed by atoms with Gasteiger partial charge >= 0.3 is 0 Å². The minimum atomic E-state index is -3.68. The molecule has 1 saturated carbocycles. The Hall–Kier alpha value is -2.00. The molecule has 1 atom stereocenters. The van der Waals surface area contributed by atoms with E-state index in [2.05, 4.69) is 5.32 Å². The quantitative estimate of drug-likeness (QED) is 0.815. The van der Waals surface area contributed by atoms with E-state index in [1.807, 2.05) is 0 Å². The highest BCUT2D eigenvalue weighted by molar-refractivity contribution is 7.88. The van der Waals surface area contributed by atoms with Gasteiger partial charge in [0.25, 0.3) is 0 Å². The molecule has 0 radical (unpaired) electrons. The summed E-state index contributed by atoms with van der Waals surface area (Å²) in [5.41, 5.74) is -0.823. The van der Waals surface area contributed by atoms with Gasteiger partial charge in [0.1, 0.15) is 11.4 Å². The van der Waals surface area contributed by atoms with Crippen molar-refractivity contribution in [1.82, 2.24) is 9.62 Å². The maximum absolute atomic E-state index is 14.2. The summed E-state index contributed by atoms with van der Waals surface area (Å²) in [6.07, 6.45) is 4.75. The van der Waals surface area contributed by atoms with Crippen molar-refractivity contribution in [3.8, 4) is 0 Å². The van der Waals surface area contributed by atoms with Crippen LogP contribution in [0.4, 0.5) is 10.1 Å². The van der Waals surface area contributed by atoms with Crippen molar-refractivity contribution >= 4 is 27.5 Å². The normalized spacial score (nSPS) is 24.6. The smallest absolute Gasteiger partial charge is 0.247 e. The van der Waals surface area contributed by atoms with Crippen LogP contribution in [0.25, 0.3) is 0 Å². The van der Waals surface area contributed by atoms with Crippen molar-refractivity contribution in [2.24, 2.45) is 0 Å². The zero-order valence-corrected chi connectivity index (χ0v) is 17.2. The van der Waals surface area contributed by atoms with E-state index < -0.39 is 33.2 Å². The fourth-order valence-corrected chi connectivity index (χ4v) is 4.77. The topological polar surface area (TPSA) is 86.8 Å². The standard InChI is InChI=1S/C19H26FN3O4S/c1-13-8-9-15(10-16(13)20)23-17(24)11-22(28(3,26)27)12-19(23,2)18(25)21-14-6-4-5-7-14/h8-10,14H,4-7,11-12H2,1-3H3,(H,21,25)/t19-/m0/s1. The minimum absolute atomic E-state index is 0.00430. The molecular weight excluding hydrogens is 385 g/mol. The second-order valence-electron chi connectivity index (χ2n) is 7.92. The summed E-state index contributed by atoms with van der Waals surface area (Å²) < 4.78 is 39.4. The number of amides is 2. The molecule has 0 aromatic heterocycles. The predicted octanol–water partition coefficient (Wildman–Crippen LogP) is 1.56. The van der Waals surface area contributed by atoms with Gasteiger partial charge in [0.05, 0.1) is 12.8 Å². The van der Waals surface area contributed by atoms with Crippen molar-refractivity contribution in [3.05, 3.63) is 29.6 Å². The third-order valence-corrected chi connectivity index (χ3v) is 6.80. The van der Waals surface area contributed by atoms with Gasteiger partial charge in [0.15, 0.2) is 0 Å². The van der Waals surface area contributed by atoms with E-state index in [1.165, 1.54) is 24.0 Å². The number of benzene rings is 1. The lowest BCUT2D eigenvalue weighted by molar-refractivity contribution is -0.133. The number of piperazine rings is 1. The first-order chi connectivity index (χ1) is 13.0. The molecule has 2 fully saturated rings. The van der Waals surface area contributed by atoms with E-state index in [0.717, 1.165) is 36.2 Å². The predicted molar refractivity (Wildman–Crippen MR) is 104 cm³/mol. The molecule has 0 spiro atoms. The highest BCUT2D eigenvalue weighted by Crippen LogP contribution is 2.32. The van der Waals surface area contributed by atoms with Crippen molar-refractivity contribution in [1.29, 1.82) is 0 Å². The summed E-state index contributed by atoms with van der Waals surface area (Å²) in [7, 11) is -3.68. The minimum Gasteiger partial charge on any atom is -0.351 e. The molecule has 0 bridgehead atoms. The van der Waals surface area contributed by atoms with E-state index >= 15 is 0 Å².